The molecule has 0 aliphatic carbocycles. The Bertz CT molecular complexity index is 1140. The summed E-state index contributed by atoms with van der Waals surface area (Å²) in [6, 6.07) is 24.6. The van der Waals surface area contributed by atoms with Gasteiger partial charge in [-0.3, -0.25) is 5.10 Å². The van der Waals surface area contributed by atoms with E-state index >= 15 is 0 Å². The van der Waals surface area contributed by atoms with Crippen LogP contribution < -0.4 is 4.74 Å². The Morgan fingerprint density at radius 3 is 2.36 bits per heavy atom. The summed E-state index contributed by atoms with van der Waals surface area (Å²) in [5.74, 6) is 1.53. The van der Waals surface area contributed by atoms with Crippen LogP contribution in [0.15, 0.2) is 72.8 Å². The van der Waals surface area contributed by atoms with Crippen LogP contribution >= 0.6 is 12.2 Å². The molecule has 1 heterocycles. The molecule has 0 bridgehead atoms. The van der Waals surface area contributed by atoms with Crippen LogP contribution in [0.2, 0.25) is 0 Å². The second kappa shape index (κ2) is 7.82. The van der Waals surface area contributed by atoms with E-state index in [-0.39, 0.29) is 0 Å². The van der Waals surface area contributed by atoms with Crippen molar-refractivity contribution in [2.45, 2.75) is 20.5 Å². The summed E-state index contributed by atoms with van der Waals surface area (Å²) in [5, 5.41) is 3.13. The zero-order chi connectivity index (χ0) is 19.5. The van der Waals surface area contributed by atoms with Gasteiger partial charge in [-0.15, -0.1) is 0 Å². The molecule has 5 heteroatoms. The first-order valence-corrected chi connectivity index (χ1v) is 9.55. The molecule has 3 aromatic carbocycles. The zero-order valence-corrected chi connectivity index (χ0v) is 16.7. The molecule has 0 saturated carbocycles. The topological polar surface area (TPSA) is 42.8 Å². The lowest BCUT2D eigenvalue weighted by Crippen LogP contribution is -2.08. The second-order valence-electron chi connectivity index (χ2n) is 6.75. The van der Waals surface area contributed by atoms with E-state index in [0.29, 0.717) is 11.4 Å². The maximum Gasteiger partial charge on any atom is 0.214 e. The largest absolute Gasteiger partial charge is 0.486 e. The molecule has 0 radical (unpaired) electrons. The maximum absolute atomic E-state index is 5.97. The van der Waals surface area contributed by atoms with Crippen molar-refractivity contribution in [3.05, 3.63) is 94.5 Å². The Morgan fingerprint density at radius 2 is 1.64 bits per heavy atom. The number of nitrogens with one attached hydrogen (secondary N) is 1. The van der Waals surface area contributed by atoms with Gasteiger partial charge in [-0.25, -0.2) is 9.67 Å². The first-order valence-electron chi connectivity index (χ1n) is 9.14. The Balaban J connectivity index is 1.54. The molecule has 0 unspecified atom stereocenters. The molecule has 4 aromatic rings. The van der Waals surface area contributed by atoms with Crippen molar-refractivity contribution in [1.82, 2.24) is 14.8 Å². The van der Waals surface area contributed by atoms with Crippen LogP contribution in [0.4, 0.5) is 0 Å². The van der Waals surface area contributed by atoms with Gasteiger partial charge in [0.15, 0.2) is 5.82 Å². The molecule has 0 amide bonds. The lowest BCUT2D eigenvalue weighted by Gasteiger charge is -2.12. The van der Waals surface area contributed by atoms with Gasteiger partial charge in [-0.1, -0.05) is 60.2 Å². The van der Waals surface area contributed by atoms with Crippen molar-refractivity contribution in [3.63, 3.8) is 0 Å². The standard InChI is InChI=1S/C23H21N3OS/c1-16-8-13-21(17(2)14-16)26-22(24-23(28)25-26)15-27-20-11-9-19(10-12-20)18-6-4-3-5-7-18/h3-14H,15H2,1-2H3,(H,25,28). The Morgan fingerprint density at radius 1 is 0.929 bits per heavy atom. The van der Waals surface area contributed by atoms with E-state index in [1.807, 2.05) is 35.0 Å². The summed E-state index contributed by atoms with van der Waals surface area (Å²) >= 11 is 5.25. The van der Waals surface area contributed by atoms with Gasteiger partial charge in [0.25, 0.3) is 0 Å². The molecule has 28 heavy (non-hydrogen) atoms. The summed E-state index contributed by atoms with van der Waals surface area (Å²) in [6.07, 6.45) is 0. The fourth-order valence-electron chi connectivity index (χ4n) is 3.23. The Labute approximate surface area is 169 Å². The normalized spacial score (nSPS) is 10.8. The van der Waals surface area contributed by atoms with Gasteiger partial charge in [0.2, 0.25) is 4.77 Å². The van der Waals surface area contributed by atoms with Crippen molar-refractivity contribution in [1.29, 1.82) is 0 Å². The van der Waals surface area contributed by atoms with Gasteiger partial charge >= 0.3 is 0 Å². The van der Waals surface area contributed by atoms with Gasteiger partial charge in [0, 0.05) is 0 Å². The highest BCUT2D eigenvalue weighted by Gasteiger charge is 2.10. The molecule has 0 spiro atoms. The Kier molecular flexibility index (Phi) is 5.08. The minimum atomic E-state index is 0.325. The summed E-state index contributed by atoms with van der Waals surface area (Å²) in [5.41, 5.74) is 5.73. The van der Waals surface area contributed by atoms with Gasteiger partial charge in [-0.2, -0.15) is 0 Å². The highest BCUT2D eigenvalue weighted by atomic mass is 32.1. The van der Waals surface area contributed by atoms with Crippen LogP contribution in [-0.2, 0) is 6.61 Å². The van der Waals surface area contributed by atoms with E-state index in [2.05, 4.69) is 66.4 Å². The molecule has 0 saturated heterocycles. The van der Waals surface area contributed by atoms with Gasteiger partial charge in [0.05, 0.1) is 5.69 Å². The first-order chi connectivity index (χ1) is 13.6. The van der Waals surface area contributed by atoms with E-state index in [1.165, 1.54) is 11.1 Å². The average Bonchev–Trinajstić information content (AvgIpc) is 3.08. The highest BCUT2D eigenvalue weighted by molar-refractivity contribution is 7.71. The molecule has 0 fully saturated rings. The summed E-state index contributed by atoms with van der Waals surface area (Å²) in [6.45, 7) is 4.48. The molecular weight excluding hydrogens is 366 g/mol. The number of nitrogens with zero attached hydrogens (tertiary/aromatic N) is 2. The third kappa shape index (κ3) is 3.89. The van der Waals surface area contributed by atoms with Crippen LogP contribution in [0.3, 0.4) is 0 Å². The smallest absolute Gasteiger partial charge is 0.214 e. The van der Waals surface area contributed by atoms with Crippen LogP contribution in [-0.4, -0.2) is 14.8 Å². The minimum absolute atomic E-state index is 0.325. The fourth-order valence-corrected chi connectivity index (χ4v) is 3.42. The summed E-state index contributed by atoms with van der Waals surface area (Å²) in [4.78, 5) is 4.43. The third-order valence-corrected chi connectivity index (χ3v) is 4.80. The SMILES string of the molecule is Cc1ccc(-n2[nH]c(=S)nc2COc2ccc(-c3ccccc3)cc2)c(C)c1. The molecule has 0 aliphatic rings. The quantitative estimate of drug-likeness (QED) is 0.441. The minimum Gasteiger partial charge on any atom is -0.486 e. The predicted molar refractivity (Wildman–Crippen MR) is 114 cm³/mol. The van der Waals surface area contributed by atoms with E-state index in [9.17, 15) is 0 Å². The number of hydrogen-bond donors (Lipinski definition) is 1. The van der Waals surface area contributed by atoms with Crippen LogP contribution in [0.25, 0.3) is 16.8 Å². The maximum atomic E-state index is 5.97. The molecule has 4 rings (SSSR count). The predicted octanol–water partition coefficient (Wildman–Crippen LogP) is 5.79. The Hall–Kier alpha value is -3.18. The van der Waals surface area contributed by atoms with E-state index in [1.54, 1.807) is 0 Å². The third-order valence-electron chi connectivity index (χ3n) is 4.62. The number of benzene rings is 3. The molecule has 0 atom stereocenters. The number of H-pyrrole nitrogens is 1. The lowest BCUT2D eigenvalue weighted by molar-refractivity contribution is 0.292. The second-order valence-corrected chi connectivity index (χ2v) is 7.14. The number of aromatic nitrogens is 3. The number of rotatable bonds is 5. The van der Waals surface area contributed by atoms with Crippen LogP contribution in [0.5, 0.6) is 5.75 Å². The van der Waals surface area contributed by atoms with Crippen LogP contribution in [0.1, 0.15) is 17.0 Å². The van der Waals surface area contributed by atoms with E-state index in [4.69, 9.17) is 17.0 Å². The fraction of sp³-hybridized carbons (Fsp3) is 0.130. The average molecular weight is 388 g/mol. The van der Waals surface area contributed by atoms with Crippen LogP contribution in [0, 0.1) is 18.6 Å². The monoisotopic (exact) mass is 387 g/mol. The zero-order valence-electron chi connectivity index (χ0n) is 15.8. The van der Waals surface area contributed by atoms with E-state index < -0.39 is 0 Å². The van der Waals surface area contributed by atoms with Crippen molar-refractivity contribution < 1.29 is 4.74 Å². The number of ether oxygens (including phenoxy) is 1. The molecule has 1 aromatic heterocycles. The van der Waals surface area contributed by atoms with Gasteiger partial charge in [0.1, 0.15) is 12.4 Å². The summed E-state index contributed by atoms with van der Waals surface area (Å²) < 4.78 is 8.31. The van der Waals surface area contributed by atoms with Crippen molar-refractivity contribution in [2.75, 3.05) is 0 Å². The molecule has 1 N–H and O–H groups in total. The number of aromatic amines is 1. The molecule has 140 valence electrons. The van der Waals surface area contributed by atoms with Crippen molar-refractivity contribution in [2.24, 2.45) is 0 Å². The van der Waals surface area contributed by atoms with Crippen molar-refractivity contribution >= 4 is 12.2 Å². The summed E-state index contributed by atoms with van der Waals surface area (Å²) in [7, 11) is 0. The molecular formula is C23H21N3OS. The number of aryl methyl sites for hydroxylation is 2. The number of hydrogen-bond acceptors (Lipinski definition) is 3. The molecule has 0 aliphatic heterocycles. The van der Waals surface area contributed by atoms with Crippen molar-refractivity contribution in [3.8, 4) is 22.6 Å². The van der Waals surface area contributed by atoms with E-state index in [0.717, 1.165) is 28.4 Å². The highest BCUT2D eigenvalue weighted by Crippen LogP contribution is 2.23. The van der Waals surface area contributed by atoms with Gasteiger partial charge in [-0.05, 0) is 61.0 Å². The lowest BCUT2D eigenvalue weighted by atomic mass is 10.1. The molecule has 4 nitrogen and oxygen atoms in total. The van der Waals surface area contributed by atoms with Gasteiger partial charge < -0.3 is 4.74 Å². The first kappa shape index (κ1) is 18.2.